The number of benzene rings is 1. The van der Waals surface area contributed by atoms with Crippen LogP contribution in [-0.4, -0.2) is 37.0 Å². The van der Waals surface area contributed by atoms with Gasteiger partial charge in [0.2, 0.25) is 0 Å². The summed E-state index contributed by atoms with van der Waals surface area (Å²) in [6, 6.07) is 8.62. The predicted molar refractivity (Wildman–Crippen MR) is 74.1 cm³/mol. The molecular weight excluding hydrogens is 226 g/mol. The van der Waals surface area contributed by atoms with Gasteiger partial charge in [-0.1, -0.05) is 18.2 Å². The largest absolute Gasteiger partial charge is 0.394 e. The summed E-state index contributed by atoms with van der Waals surface area (Å²) in [4.78, 5) is 2.43. The van der Waals surface area contributed by atoms with Gasteiger partial charge in [-0.15, -0.1) is 0 Å². The Morgan fingerprint density at radius 1 is 1.28 bits per heavy atom. The van der Waals surface area contributed by atoms with E-state index in [0.717, 1.165) is 13.0 Å². The fourth-order valence-electron chi connectivity index (χ4n) is 2.63. The average molecular weight is 249 g/mol. The second kappa shape index (κ2) is 5.72. The molecule has 3 nitrogen and oxygen atoms in total. The lowest BCUT2D eigenvalue weighted by Crippen LogP contribution is -2.49. The predicted octanol–water partition coefficient (Wildman–Crippen LogP) is 2.23. The molecule has 1 aliphatic heterocycles. The van der Waals surface area contributed by atoms with Crippen LogP contribution in [0.5, 0.6) is 0 Å². The van der Waals surface area contributed by atoms with Gasteiger partial charge in [0.15, 0.2) is 0 Å². The van der Waals surface area contributed by atoms with Crippen molar-refractivity contribution in [2.45, 2.75) is 32.2 Å². The van der Waals surface area contributed by atoms with E-state index in [4.69, 9.17) is 9.84 Å². The van der Waals surface area contributed by atoms with Crippen LogP contribution in [0.25, 0.3) is 0 Å². The van der Waals surface area contributed by atoms with Crippen LogP contribution in [0.3, 0.4) is 0 Å². The topological polar surface area (TPSA) is 32.7 Å². The maximum atomic E-state index is 8.73. The van der Waals surface area contributed by atoms with Crippen molar-refractivity contribution < 1.29 is 9.84 Å². The van der Waals surface area contributed by atoms with Crippen LogP contribution in [0.2, 0.25) is 0 Å². The number of fused-ring (bicyclic) bond motifs is 1. The van der Waals surface area contributed by atoms with Crippen LogP contribution in [0.1, 0.15) is 25.8 Å². The molecular formula is C15H23NO2. The van der Waals surface area contributed by atoms with Crippen molar-refractivity contribution >= 4 is 5.69 Å². The second-order valence-electron chi connectivity index (χ2n) is 5.43. The Morgan fingerprint density at radius 3 is 2.83 bits per heavy atom. The third-order valence-electron chi connectivity index (χ3n) is 3.71. The van der Waals surface area contributed by atoms with Crippen molar-refractivity contribution in [2.24, 2.45) is 0 Å². The number of aryl methyl sites for hydroxylation is 1. The van der Waals surface area contributed by atoms with Crippen molar-refractivity contribution in [3.63, 3.8) is 0 Å². The van der Waals surface area contributed by atoms with Gasteiger partial charge in [0, 0.05) is 17.8 Å². The first-order chi connectivity index (χ1) is 8.65. The minimum Gasteiger partial charge on any atom is -0.394 e. The maximum absolute atomic E-state index is 8.73. The molecule has 18 heavy (non-hydrogen) atoms. The van der Waals surface area contributed by atoms with Gasteiger partial charge in [-0.3, -0.25) is 0 Å². The standard InChI is InChI=1S/C15H23NO2/c1-15(2)8-7-13-5-3-4-6-14(13)16(15)9-11-18-12-10-17/h3-6,17H,7-12H2,1-2H3. The number of hydrogen-bond acceptors (Lipinski definition) is 3. The molecule has 0 aromatic heterocycles. The first-order valence-electron chi connectivity index (χ1n) is 6.69. The van der Waals surface area contributed by atoms with Crippen LogP contribution in [0.15, 0.2) is 24.3 Å². The van der Waals surface area contributed by atoms with Gasteiger partial charge >= 0.3 is 0 Å². The smallest absolute Gasteiger partial charge is 0.0698 e. The van der Waals surface area contributed by atoms with Gasteiger partial charge in [-0.25, -0.2) is 0 Å². The van der Waals surface area contributed by atoms with Gasteiger partial charge in [0.25, 0.3) is 0 Å². The lowest BCUT2D eigenvalue weighted by Gasteiger charge is -2.45. The van der Waals surface area contributed by atoms with Gasteiger partial charge in [0.05, 0.1) is 19.8 Å². The molecule has 0 spiro atoms. The first kappa shape index (κ1) is 13.4. The summed E-state index contributed by atoms with van der Waals surface area (Å²) >= 11 is 0. The monoisotopic (exact) mass is 249 g/mol. The van der Waals surface area contributed by atoms with E-state index in [1.807, 2.05) is 0 Å². The highest BCUT2D eigenvalue weighted by atomic mass is 16.5. The van der Waals surface area contributed by atoms with Crippen molar-refractivity contribution in [3.8, 4) is 0 Å². The molecule has 0 amide bonds. The Balaban J connectivity index is 2.09. The van der Waals surface area contributed by atoms with Crippen LogP contribution in [0, 0.1) is 0 Å². The molecule has 100 valence electrons. The zero-order valence-corrected chi connectivity index (χ0v) is 11.4. The summed E-state index contributed by atoms with van der Waals surface area (Å²) in [6.45, 7) is 6.64. The number of nitrogens with zero attached hydrogens (tertiary/aromatic N) is 1. The Bertz CT molecular complexity index is 390. The molecule has 0 bridgehead atoms. The van der Waals surface area contributed by atoms with Crippen LogP contribution >= 0.6 is 0 Å². The van der Waals surface area contributed by atoms with Gasteiger partial charge < -0.3 is 14.7 Å². The summed E-state index contributed by atoms with van der Waals surface area (Å²) < 4.78 is 5.40. The summed E-state index contributed by atoms with van der Waals surface area (Å²) in [5, 5.41) is 8.73. The molecule has 1 aromatic carbocycles. The minimum atomic E-state index is 0.0972. The maximum Gasteiger partial charge on any atom is 0.0698 e. The molecule has 0 radical (unpaired) electrons. The van der Waals surface area contributed by atoms with E-state index in [0.29, 0.717) is 13.2 Å². The fraction of sp³-hybridized carbons (Fsp3) is 0.600. The highest BCUT2D eigenvalue weighted by Gasteiger charge is 2.31. The molecule has 0 atom stereocenters. The molecule has 2 rings (SSSR count). The zero-order valence-electron chi connectivity index (χ0n) is 11.4. The molecule has 1 heterocycles. The lowest BCUT2D eigenvalue weighted by molar-refractivity contribution is 0.0942. The SMILES string of the molecule is CC1(C)CCc2ccccc2N1CCOCCO. The van der Waals surface area contributed by atoms with Crippen molar-refractivity contribution in [1.82, 2.24) is 0 Å². The number of aliphatic hydroxyl groups is 1. The molecule has 0 fully saturated rings. The summed E-state index contributed by atoms with van der Waals surface area (Å²) in [6.07, 6.45) is 2.32. The third-order valence-corrected chi connectivity index (χ3v) is 3.71. The quantitative estimate of drug-likeness (QED) is 0.812. The summed E-state index contributed by atoms with van der Waals surface area (Å²) in [5.74, 6) is 0. The summed E-state index contributed by atoms with van der Waals surface area (Å²) in [7, 11) is 0. The minimum absolute atomic E-state index is 0.0972. The van der Waals surface area contributed by atoms with Crippen molar-refractivity contribution in [1.29, 1.82) is 0 Å². The van der Waals surface area contributed by atoms with E-state index in [9.17, 15) is 0 Å². The van der Waals surface area contributed by atoms with E-state index < -0.39 is 0 Å². The van der Waals surface area contributed by atoms with E-state index >= 15 is 0 Å². The van der Waals surface area contributed by atoms with Crippen LogP contribution < -0.4 is 4.90 Å². The Hall–Kier alpha value is -1.06. The van der Waals surface area contributed by atoms with Crippen molar-refractivity contribution in [3.05, 3.63) is 29.8 Å². The molecule has 0 unspecified atom stereocenters. The Morgan fingerprint density at radius 2 is 2.06 bits per heavy atom. The second-order valence-corrected chi connectivity index (χ2v) is 5.43. The number of ether oxygens (including phenoxy) is 1. The van der Waals surface area contributed by atoms with E-state index in [1.165, 1.54) is 17.7 Å². The van der Waals surface area contributed by atoms with Gasteiger partial charge in [-0.2, -0.15) is 0 Å². The molecule has 1 aromatic rings. The fourth-order valence-corrected chi connectivity index (χ4v) is 2.63. The number of aliphatic hydroxyl groups excluding tert-OH is 1. The third kappa shape index (κ3) is 2.85. The van der Waals surface area contributed by atoms with Gasteiger partial charge in [0.1, 0.15) is 0 Å². The highest BCUT2D eigenvalue weighted by Crippen LogP contribution is 2.36. The Kier molecular flexibility index (Phi) is 4.25. The average Bonchev–Trinajstić information content (AvgIpc) is 2.36. The lowest BCUT2D eigenvalue weighted by atomic mass is 9.87. The van der Waals surface area contributed by atoms with Crippen LogP contribution in [-0.2, 0) is 11.2 Å². The number of anilines is 1. The van der Waals surface area contributed by atoms with Crippen molar-refractivity contribution in [2.75, 3.05) is 31.3 Å². The number of para-hydroxylation sites is 1. The van der Waals surface area contributed by atoms with E-state index in [2.05, 4.69) is 43.0 Å². The molecule has 1 aliphatic rings. The Labute approximate surface area is 109 Å². The van der Waals surface area contributed by atoms with Gasteiger partial charge in [-0.05, 0) is 38.3 Å². The van der Waals surface area contributed by atoms with E-state index in [1.54, 1.807) is 0 Å². The van der Waals surface area contributed by atoms with E-state index in [-0.39, 0.29) is 12.1 Å². The molecule has 0 saturated carbocycles. The number of rotatable bonds is 5. The molecule has 3 heteroatoms. The first-order valence-corrected chi connectivity index (χ1v) is 6.69. The van der Waals surface area contributed by atoms with Crippen LogP contribution in [0.4, 0.5) is 5.69 Å². The summed E-state index contributed by atoms with van der Waals surface area (Å²) in [5.41, 5.74) is 2.94. The highest BCUT2D eigenvalue weighted by molar-refractivity contribution is 5.57. The molecule has 1 N–H and O–H groups in total. The molecule has 0 saturated heterocycles. The molecule has 0 aliphatic carbocycles. The zero-order chi connectivity index (χ0) is 13.0. The number of hydrogen-bond donors (Lipinski definition) is 1. The normalized spacial score (nSPS) is 17.6.